The summed E-state index contributed by atoms with van der Waals surface area (Å²) in [6.45, 7) is 5.56. The Kier molecular flexibility index (Phi) is 8.25. The second-order valence-electron chi connectivity index (χ2n) is 9.79. The highest BCUT2D eigenvalue weighted by Crippen LogP contribution is 2.45. The first-order valence-electron chi connectivity index (χ1n) is 13.2. The van der Waals surface area contributed by atoms with Gasteiger partial charge in [0.1, 0.15) is 12.4 Å². The number of ether oxygens (including phenoxy) is 2. The van der Waals surface area contributed by atoms with Gasteiger partial charge < -0.3 is 24.2 Å². The monoisotopic (exact) mass is 560 g/mol. The van der Waals surface area contributed by atoms with E-state index >= 15 is 0 Å². The number of allylic oxidation sites excluding steroid dienone is 1. The van der Waals surface area contributed by atoms with Crippen molar-refractivity contribution in [2.24, 2.45) is 4.99 Å². The van der Waals surface area contributed by atoms with Gasteiger partial charge in [0.15, 0.2) is 5.17 Å². The van der Waals surface area contributed by atoms with Gasteiger partial charge in [0.25, 0.3) is 0 Å². The molecule has 0 N–H and O–H groups in total. The zero-order chi connectivity index (χ0) is 28.2. The summed E-state index contributed by atoms with van der Waals surface area (Å²) in [5, 5.41) is 2.65. The van der Waals surface area contributed by atoms with Gasteiger partial charge in [0.05, 0.1) is 30.8 Å². The topological polar surface area (TPSA) is 91.7 Å². The van der Waals surface area contributed by atoms with Crippen LogP contribution in [0.3, 0.4) is 0 Å². The van der Waals surface area contributed by atoms with E-state index in [9.17, 15) is 14.4 Å². The minimum absolute atomic E-state index is 0.0207. The van der Waals surface area contributed by atoms with Crippen LogP contribution in [-0.2, 0) is 25.7 Å². The molecule has 0 saturated carbocycles. The van der Waals surface area contributed by atoms with Crippen LogP contribution < -0.4 is 4.74 Å². The number of piperazine rings is 1. The molecule has 3 heterocycles. The van der Waals surface area contributed by atoms with Gasteiger partial charge >= 0.3 is 5.97 Å². The molecule has 10 heteroatoms. The van der Waals surface area contributed by atoms with Crippen molar-refractivity contribution in [3.8, 4) is 5.75 Å². The standard InChI is InChI=1S/C30H32N4O5S/c1-20-27(29(37)39-18-22-7-5-4-6-8-22)28(23-9-11-25(38-3)12-10-23)34-24(19-40-30(34)31-20)17-26(36)33-15-13-32(14-16-33)21(2)35/h4-12,19,28H,13-18H2,1-3H3. The van der Waals surface area contributed by atoms with Crippen molar-refractivity contribution in [2.75, 3.05) is 33.3 Å². The van der Waals surface area contributed by atoms with Gasteiger partial charge in [-0.1, -0.05) is 54.2 Å². The van der Waals surface area contributed by atoms with Gasteiger partial charge in [-0.3, -0.25) is 9.59 Å². The Bertz CT molecular complexity index is 1380. The fraction of sp³-hybridized carbons (Fsp3) is 0.333. The molecule has 0 bridgehead atoms. The molecule has 2 amide bonds. The first kappa shape index (κ1) is 27.5. The molecule has 2 aromatic carbocycles. The van der Waals surface area contributed by atoms with E-state index in [0.717, 1.165) is 16.8 Å². The lowest BCUT2D eigenvalue weighted by Crippen LogP contribution is -2.50. The quantitative estimate of drug-likeness (QED) is 0.471. The number of benzene rings is 2. The highest BCUT2D eigenvalue weighted by Gasteiger charge is 2.41. The average molecular weight is 561 g/mol. The van der Waals surface area contributed by atoms with Crippen LogP contribution in [0, 0.1) is 0 Å². The van der Waals surface area contributed by atoms with Crippen LogP contribution in [0.4, 0.5) is 0 Å². The number of rotatable bonds is 7. The molecular weight excluding hydrogens is 528 g/mol. The van der Waals surface area contributed by atoms with E-state index in [-0.39, 0.29) is 24.8 Å². The fourth-order valence-corrected chi connectivity index (χ4v) is 6.03. The number of esters is 1. The largest absolute Gasteiger partial charge is 0.497 e. The molecule has 3 aliphatic rings. The molecule has 0 aromatic heterocycles. The van der Waals surface area contributed by atoms with Gasteiger partial charge in [-0.2, -0.15) is 0 Å². The summed E-state index contributed by atoms with van der Waals surface area (Å²) < 4.78 is 11.1. The Morgan fingerprint density at radius 2 is 1.65 bits per heavy atom. The number of carbonyl (C=O) groups excluding carboxylic acids is 3. The van der Waals surface area contributed by atoms with Crippen LogP contribution in [0.2, 0.25) is 0 Å². The number of amidine groups is 1. The second-order valence-corrected chi connectivity index (χ2v) is 10.6. The molecule has 0 spiro atoms. The van der Waals surface area contributed by atoms with E-state index < -0.39 is 12.0 Å². The van der Waals surface area contributed by atoms with Gasteiger partial charge in [-0.25, -0.2) is 9.79 Å². The molecule has 0 radical (unpaired) electrons. The Morgan fingerprint density at radius 1 is 0.975 bits per heavy atom. The van der Waals surface area contributed by atoms with Crippen molar-refractivity contribution in [1.82, 2.24) is 14.7 Å². The number of hydrogen-bond acceptors (Lipinski definition) is 8. The van der Waals surface area contributed by atoms with E-state index in [1.54, 1.807) is 23.8 Å². The minimum atomic E-state index is -0.523. The minimum Gasteiger partial charge on any atom is -0.497 e. The number of aliphatic imine (C=N–C) groups is 1. The van der Waals surface area contributed by atoms with Crippen molar-refractivity contribution in [2.45, 2.75) is 32.9 Å². The Morgan fingerprint density at radius 3 is 2.30 bits per heavy atom. The first-order chi connectivity index (χ1) is 19.4. The maximum Gasteiger partial charge on any atom is 0.338 e. The number of fused-ring (bicyclic) bond motifs is 1. The summed E-state index contributed by atoms with van der Waals surface area (Å²) >= 11 is 1.44. The summed E-state index contributed by atoms with van der Waals surface area (Å²) in [6, 6.07) is 16.6. The Balaban J connectivity index is 1.41. The SMILES string of the molecule is COc1ccc(C2C(C(=O)OCc3ccccc3)=C(C)N=C3SC=C(CC(=O)N4CCN(C(C)=O)CC4)N32)cc1. The number of carbonyl (C=O) groups is 3. The van der Waals surface area contributed by atoms with Gasteiger partial charge in [0, 0.05) is 38.8 Å². The molecule has 9 nitrogen and oxygen atoms in total. The lowest BCUT2D eigenvalue weighted by Gasteiger charge is -2.37. The van der Waals surface area contributed by atoms with E-state index in [2.05, 4.69) is 0 Å². The van der Waals surface area contributed by atoms with Crippen molar-refractivity contribution in [3.05, 3.63) is 88.1 Å². The summed E-state index contributed by atoms with van der Waals surface area (Å²) in [5.41, 5.74) is 3.53. The van der Waals surface area contributed by atoms with Gasteiger partial charge in [0.2, 0.25) is 11.8 Å². The molecule has 0 aliphatic carbocycles. The fourth-order valence-electron chi connectivity index (χ4n) is 5.07. The van der Waals surface area contributed by atoms with Crippen LogP contribution in [0.15, 0.2) is 82.0 Å². The van der Waals surface area contributed by atoms with Crippen LogP contribution in [0.25, 0.3) is 0 Å². The molecule has 2 aromatic rings. The average Bonchev–Trinajstić information content (AvgIpc) is 3.37. The van der Waals surface area contributed by atoms with Crippen LogP contribution >= 0.6 is 11.8 Å². The van der Waals surface area contributed by atoms with Crippen molar-refractivity contribution in [3.63, 3.8) is 0 Å². The number of amides is 2. The summed E-state index contributed by atoms with van der Waals surface area (Å²) in [5.74, 6) is 0.248. The number of nitrogens with zero attached hydrogens (tertiary/aromatic N) is 4. The third-order valence-corrected chi connectivity index (χ3v) is 8.16. The highest BCUT2D eigenvalue weighted by molar-refractivity contribution is 8.16. The van der Waals surface area contributed by atoms with E-state index in [1.807, 2.05) is 71.8 Å². The Hall–Kier alpha value is -4.05. The zero-order valence-electron chi connectivity index (χ0n) is 22.8. The lowest BCUT2D eigenvalue weighted by atomic mass is 9.93. The number of methoxy groups -OCH3 is 1. The predicted molar refractivity (Wildman–Crippen MR) is 153 cm³/mol. The Labute approximate surface area is 238 Å². The first-order valence-corrected chi connectivity index (χ1v) is 14.1. The predicted octanol–water partition coefficient (Wildman–Crippen LogP) is 4.09. The van der Waals surface area contributed by atoms with Crippen LogP contribution in [-0.4, -0.2) is 70.9 Å². The van der Waals surface area contributed by atoms with Gasteiger partial charge in [-0.05, 0) is 35.6 Å². The molecule has 3 aliphatic heterocycles. The molecule has 1 fully saturated rings. The third kappa shape index (κ3) is 5.77. The van der Waals surface area contributed by atoms with Crippen molar-refractivity contribution >= 4 is 34.7 Å². The third-order valence-electron chi connectivity index (χ3n) is 7.27. The lowest BCUT2D eigenvalue weighted by molar-refractivity contribution is -0.141. The molecule has 1 unspecified atom stereocenters. The molecular formula is C30H32N4O5S. The molecule has 40 heavy (non-hydrogen) atoms. The highest BCUT2D eigenvalue weighted by atomic mass is 32.2. The van der Waals surface area contributed by atoms with Crippen LogP contribution in [0.1, 0.15) is 37.4 Å². The molecule has 1 atom stereocenters. The molecule has 208 valence electrons. The summed E-state index contributed by atoms with van der Waals surface area (Å²) in [6.07, 6.45) is 0.157. The smallest absolute Gasteiger partial charge is 0.338 e. The molecule has 1 saturated heterocycles. The number of hydrogen-bond donors (Lipinski definition) is 0. The van der Waals surface area contributed by atoms with Crippen molar-refractivity contribution < 1.29 is 23.9 Å². The molecule has 5 rings (SSSR count). The number of thioether (sulfide) groups is 1. The maximum atomic E-state index is 13.6. The van der Waals surface area contributed by atoms with Crippen molar-refractivity contribution in [1.29, 1.82) is 0 Å². The normalized spacial score (nSPS) is 18.7. The summed E-state index contributed by atoms with van der Waals surface area (Å²) in [4.78, 5) is 48.9. The summed E-state index contributed by atoms with van der Waals surface area (Å²) in [7, 11) is 1.61. The van der Waals surface area contributed by atoms with Gasteiger partial charge in [-0.15, -0.1) is 0 Å². The van der Waals surface area contributed by atoms with E-state index in [4.69, 9.17) is 14.5 Å². The zero-order valence-corrected chi connectivity index (χ0v) is 23.6. The maximum absolute atomic E-state index is 13.6. The van der Waals surface area contributed by atoms with E-state index in [0.29, 0.717) is 48.4 Å². The second kappa shape index (κ2) is 12.0. The van der Waals surface area contributed by atoms with Crippen LogP contribution in [0.5, 0.6) is 5.75 Å². The van der Waals surface area contributed by atoms with E-state index in [1.165, 1.54) is 11.8 Å².